The summed E-state index contributed by atoms with van der Waals surface area (Å²) in [5.74, 6) is 1.63. The van der Waals surface area contributed by atoms with E-state index in [-0.39, 0.29) is 12.5 Å². The Balaban J connectivity index is 1.57. The molecule has 0 amide bonds. The van der Waals surface area contributed by atoms with E-state index in [1.165, 1.54) is 0 Å². The monoisotopic (exact) mass is 271 g/mol. The van der Waals surface area contributed by atoms with Gasteiger partial charge in [-0.3, -0.25) is 0 Å². The van der Waals surface area contributed by atoms with E-state index in [1.54, 1.807) is 0 Å². The van der Waals surface area contributed by atoms with Gasteiger partial charge in [-0.25, -0.2) is 5.32 Å². The molecule has 104 valence electrons. The topological polar surface area (TPSA) is 39.7 Å². The van der Waals surface area contributed by atoms with E-state index >= 15 is 0 Å². The molecule has 1 N–H and O–H groups in total. The first-order valence-electron chi connectivity index (χ1n) is 6.67. The molecule has 1 fully saturated rings. The van der Waals surface area contributed by atoms with Gasteiger partial charge in [0.2, 0.25) is 0 Å². The van der Waals surface area contributed by atoms with Crippen LogP contribution in [-0.2, 0) is 4.74 Å². The summed E-state index contributed by atoms with van der Waals surface area (Å²) in [5.41, 5.74) is 0. The minimum atomic E-state index is -0.208. The van der Waals surface area contributed by atoms with Gasteiger partial charge in [0, 0.05) is 0 Å². The summed E-state index contributed by atoms with van der Waals surface area (Å²) in [6, 6.07) is 19.4. The maximum Gasteiger partial charge on any atom is 0.176 e. The van der Waals surface area contributed by atoms with Gasteiger partial charge in [0.05, 0.1) is 13.2 Å². The van der Waals surface area contributed by atoms with Crippen LogP contribution < -0.4 is 14.8 Å². The number of benzene rings is 2. The molecule has 1 saturated heterocycles. The number of rotatable bonds is 4. The molecule has 1 heterocycles. The Morgan fingerprint density at radius 3 is 1.65 bits per heavy atom. The molecule has 2 aromatic rings. The van der Waals surface area contributed by atoms with Gasteiger partial charge in [-0.2, -0.15) is 0 Å². The fraction of sp³-hybridized carbons (Fsp3) is 0.250. The Kier molecular flexibility index (Phi) is 4.16. The van der Waals surface area contributed by atoms with Crippen molar-refractivity contribution in [3.8, 4) is 11.5 Å². The van der Waals surface area contributed by atoms with Gasteiger partial charge < -0.3 is 14.2 Å². The normalized spacial score (nSPS) is 22.2. The summed E-state index contributed by atoms with van der Waals surface area (Å²) in [5, 5.41) is 3.28. The minimum Gasteiger partial charge on any atom is -0.473 e. The molecule has 4 heteroatoms. The van der Waals surface area contributed by atoms with Crippen LogP contribution in [0.3, 0.4) is 0 Å². The van der Waals surface area contributed by atoms with Crippen LogP contribution >= 0.6 is 0 Å². The molecule has 1 aliphatic rings. The van der Waals surface area contributed by atoms with Crippen molar-refractivity contribution < 1.29 is 14.2 Å². The third-order valence-electron chi connectivity index (χ3n) is 2.95. The number of hydrogen-bond acceptors (Lipinski definition) is 4. The van der Waals surface area contributed by atoms with Crippen LogP contribution in [0.25, 0.3) is 0 Å². The zero-order valence-corrected chi connectivity index (χ0v) is 11.1. The maximum atomic E-state index is 5.81. The summed E-state index contributed by atoms with van der Waals surface area (Å²) in [4.78, 5) is 0. The van der Waals surface area contributed by atoms with Crippen LogP contribution in [-0.4, -0.2) is 25.7 Å². The van der Waals surface area contributed by atoms with Crippen molar-refractivity contribution in [3.63, 3.8) is 0 Å². The third kappa shape index (κ3) is 3.50. The van der Waals surface area contributed by atoms with E-state index in [9.17, 15) is 0 Å². The van der Waals surface area contributed by atoms with Crippen LogP contribution in [0.4, 0.5) is 0 Å². The summed E-state index contributed by atoms with van der Waals surface area (Å²) in [6.07, 6.45) is -0.417. The molecular weight excluding hydrogens is 254 g/mol. The van der Waals surface area contributed by atoms with Gasteiger partial charge in [0.1, 0.15) is 11.5 Å². The Bertz CT molecular complexity index is 470. The Labute approximate surface area is 118 Å². The zero-order valence-electron chi connectivity index (χ0n) is 11.1. The second-order valence-electron chi connectivity index (χ2n) is 4.54. The van der Waals surface area contributed by atoms with E-state index < -0.39 is 0 Å². The molecule has 4 nitrogen and oxygen atoms in total. The van der Waals surface area contributed by atoms with Crippen molar-refractivity contribution in [1.82, 2.24) is 5.32 Å². The Morgan fingerprint density at radius 1 is 0.750 bits per heavy atom. The van der Waals surface area contributed by atoms with Gasteiger partial charge in [-0.15, -0.1) is 0 Å². The fourth-order valence-electron chi connectivity index (χ4n) is 2.05. The number of para-hydroxylation sites is 2. The SMILES string of the molecule is c1ccc(OC2COCC(Oc3ccccc3)N2)cc1. The quantitative estimate of drug-likeness (QED) is 0.927. The number of morpholine rings is 1. The molecule has 2 aromatic carbocycles. The molecular formula is C16H17NO3. The lowest BCUT2D eigenvalue weighted by Crippen LogP contribution is -2.54. The Hall–Kier alpha value is -2.04. The van der Waals surface area contributed by atoms with Gasteiger partial charge in [-0.1, -0.05) is 36.4 Å². The van der Waals surface area contributed by atoms with Gasteiger partial charge >= 0.3 is 0 Å². The Morgan fingerprint density at radius 2 is 1.20 bits per heavy atom. The van der Waals surface area contributed by atoms with Crippen LogP contribution in [0.5, 0.6) is 11.5 Å². The predicted molar refractivity (Wildman–Crippen MR) is 75.7 cm³/mol. The van der Waals surface area contributed by atoms with E-state index in [2.05, 4.69) is 5.32 Å². The first kappa shape index (κ1) is 13.0. The lowest BCUT2D eigenvalue weighted by Gasteiger charge is -2.31. The van der Waals surface area contributed by atoms with Crippen molar-refractivity contribution in [3.05, 3.63) is 60.7 Å². The molecule has 0 aromatic heterocycles. The minimum absolute atomic E-state index is 0.208. The van der Waals surface area contributed by atoms with E-state index in [0.29, 0.717) is 13.2 Å². The van der Waals surface area contributed by atoms with Gasteiger partial charge in [0.25, 0.3) is 0 Å². The summed E-state index contributed by atoms with van der Waals surface area (Å²) < 4.78 is 17.1. The van der Waals surface area contributed by atoms with Crippen LogP contribution in [0.15, 0.2) is 60.7 Å². The van der Waals surface area contributed by atoms with Gasteiger partial charge in [-0.05, 0) is 24.3 Å². The molecule has 3 rings (SSSR count). The first-order valence-corrected chi connectivity index (χ1v) is 6.67. The summed E-state index contributed by atoms with van der Waals surface area (Å²) in [6.45, 7) is 1.01. The average Bonchev–Trinajstić information content (AvgIpc) is 2.50. The van der Waals surface area contributed by atoms with Crippen LogP contribution in [0, 0.1) is 0 Å². The molecule has 0 aliphatic carbocycles. The maximum absolute atomic E-state index is 5.81. The standard InChI is InChI=1S/C16H17NO3/c1-3-7-13(8-4-1)19-15-11-18-12-16(17-15)20-14-9-5-2-6-10-14/h1-10,15-17H,11-12H2. The van der Waals surface area contributed by atoms with Crippen molar-refractivity contribution in [2.45, 2.75) is 12.5 Å². The third-order valence-corrected chi connectivity index (χ3v) is 2.95. The average molecular weight is 271 g/mol. The van der Waals surface area contributed by atoms with Crippen molar-refractivity contribution in [1.29, 1.82) is 0 Å². The molecule has 0 bridgehead atoms. The smallest absolute Gasteiger partial charge is 0.176 e. The second kappa shape index (κ2) is 6.41. The van der Waals surface area contributed by atoms with E-state index in [4.69, 9.17) is 14.2 Å². The number of nitrogens with one attached hydrogen (secondary N) is 1. The summed E-state index contributed by atoms with van der Waals surface area (Å²) >= 11 is 0. The lowest BCUT2D eigenvalue weighted by molar-refractivity contribution is -0.0779. The predicted octanol–water partition coefficient (Wildman–Crippen LogP) is 2.42. The largest absolute Gasteiger partial charge is 0.473 e. The van der Waals surface area contributed by atoms with Gasteiger partial charge in [0.15, 0.2) is 12.5 Å². The highest BCUT2D eigenvalue weighted by Crippen LogP contribution is 2.15. The molecule has 0 saturated carbocycles. The number of ether oxygens (including phenoxy) is 3. The second-order valence-corrected chi connectivity index (χ2v) is 4.54. The number of hydrogen-bond donors (Lipinski definition) is 1. The van der Waals surface area contributed by atoms with E-state index in [0.717, 1.165) is 11.5 Å². The van der Waals surface area contributed by atoms with Crippen molar-refractivity contribution in [2.24, 2.45) is 0 Å². The highest BCUT2D eigenvalue weighted by Gasteiger charge is 2.24. The van der Waals surface area contributed by atoms with Crippen molar-refractivity contribution in [2.75, 3.05) is 13.2 Å². The fourth-order valence-corrected chi connectivity index (χ4v) is 2.05. The molecule has 20 heavy (non-hydrogen) atoms. The molecule has 0 spiro atoms. The van der Waals surface area contributed by atoms with E-state index in [1.807, 2.05) is 60.7 Å². The molecule has 2 unspecified atom stereocenters. The van der Waals surface area contributed by atoms with Crippen molar-refractivity contribution >= 4 is 0 Å². The zero-order chi connectivity index (χ0) is 13.6. The highest BCUT2D eigenvalue weighted by molar-refractivity contribution is 5.22. The molecule has 2 atom stereocenters. The molecule has 1 aliphatic heterocycles. The lowest BCUT2D eigenvalue weighted by atomic mass is 10.3. The van der Waals surface area contributed by atoms with Crippen LogP contribution in [0.2, 0.25) is 0 Å². The van der Waals surface area contributed by atoms with Crippen LogP contribution in [0.1, 0.15) is 0 Å². The summed E-state index contributed by atoms with van der Waals surface area (Å²) in [7, 11) is 0. The first-order chi connectivity index (χ1) is 9.90. The molecule has 0 radical (unpaired) electrons. The highest BCUT2D eigenvalue weighted by atomic mass is 16.6.